The van der Waals surface area contributed by atoms with Gasteiger partial charge in [-0.05, 0) is 42.5 Å². The van der Waals surface area contributed by atoms with Crippen molar-refractivity contribution in [1.29, 1.82) is 0 Å². The summed E-state index contributed by atoms with van der Waals surface area (Å²) in [7, 11) is 0. The number of aryl methyl sites for hydroxylation is 2. The molecule has 108 valence electrons. The van der Waals surface area contributed by atoms with Crippen LogP contribution in [0.4, 0.5) is 5.82 Å². The summed E-state index contributed by atoms with van der Waals surface area (Å²) in [5, 5.41) is 16.6. The SMILES string of the molecule is Cc1nc(NC[C@H](O)c2ccncc2)c2c(C)csc2n1. The average Bonchev–Trinajstić information content (AvgIpc) is 2.86. The van der Waals surface area contributed by atoms with Crippen LogP contribution in [-0.2, 0) is 0 Å². The number of thiophene rings is 1. The summed E-state index contributed by atoms with van der Waals surface area (Å²) in [4.78, 5) is 13.8. The van der Waals surface area contributed by atoms with Crippen molar-refractivity contribution in [2.45, 2.75) is 20.0 Å². The molecule has 0 aliphatic rings. The molecule has 0 saturated carbocycles. The molecule has 5 nitrogen and oxygen atoms in total. The Morgan fingerprint density at radius 1 is 1.24 bits per heavy atom. The fraction of sp³-hybridized carbons (Fsp3) is 0.267. The number of aliphatic hydroxyl groups is 1. The van der Waals surface area contributed by atoms with E-state index in [0.717, 1.165) is 33.0 Å². The van der Waals surface area contributed by atoms with Crippen LogP contribution in [0, 0.1) is 13.8 Å². The van der Waals surface area contributed by atoms with Crippen molar-refractivity contribution < 1.29 is 5.11 Å². The Labute approximate surface area is 126 Å². The molecule has 0 spiro atoms. The highest BCUT2D eigenvalue weighted by Gasteiger charge is 2.12. The molecule has 0 aliphatic heterocycles. The zero-order valence-electron chi connectivity index (χ0n) is 11.9. The number of hydrogen-bond donors (Lipinski definition) is 2. The van der Waals surface area contributed by atoms with Gasteiger partial charge >= 0.3 is 0 Å². The fourth-order valence-electron chi connectivity index (χ4n) is 2.22. The first-order valence-corrected chi connectivity index (χ1v) is 7.57. The fourth-order valence-corrected chi connectivity index (χ4v) is 3.18. The molecule has 0 aromatic carbocycles. The predicted molar refractivity (Wildman–Crippen MR) is 84.6 cm³/mol. The van der Waals surface area contributed by atoms with E-state index in [-0.39, 0.29) is 0 Å². The second-order valence-corrected chi connectivity index (χ2v) is 5.75. The lowest BCUT2D eigenvalue weighted by Gasteiger charge is -2.13. The van der Waals surface area contributed by atoms with Crippen LogP contribution in [0.25, 0.3) is 10.2 Å². The molecule has 21 heavy (non-hydrogen) atoms. The van der Waals surface area contributed by atoms with Gasteiger partial charge in [0.25, 0.3) is 0 Å². The first kappa shape index (κ1) is 13.9. The molecule has 1 atom stereocenters. The summed E-state index contributed by atoms with van der Waals surface area (Å²) >= 11 is 1.61. The molecule has 3 heterocycles. The summed E-state index contributed by atoms with van der Waals surface area (Å²) in [6.45, 7) is 4.31. The number of rotatable bonds is 4. The summed E-state index contributed by atoms with van der Waals surface area (Å²) in [6, 6.07) is 3.62. The monoisotopic (exact) mass is 300 g/mol. The van der Waals surface area contributed by atoms with E-state index < -0.39 is 6.10 Å². The number of anilines is 1. The van der Waals surface area contributed by atoms with Crippen molar-refractivity contribution in [3.8, 4) is 0 Å². The maximum atomic E-state index is 10.2. The largest absolute Gasteiger partial charge is 0.387 e. The minimum Gasteiger partial charge on any atom is -0.387 e. The van der Waals surface area contributed by atoms with Crippen molar-refractivity contribution in [2.24, 2.45) is 0 Å². The van der Waals surface area contributed by atoms with E-state index in [0.29, 0.717) is 6.54 Å². The molecule has 0 bridgehead atoms. The third-order valence-corrected chi connectivity index (χ3v) is 4.27. The third-order valence-electron chi connectivity index (χ3n) is 3.28. The molecule has 2 N–H and O–H groups in total. The number of hydrogen-bond acceptors (Lipinski definition) is 6. The van der Waals surface area contributed by atoms with Crippen molar-refractivity contribution in [3.63, 3.8) is 0 Å². The zero-order chi connectivity index (χ0) is 14.8. The standard InChI is InChI=1S/C15H16N4OS/c1-9-8-21-15-13(9)14(18-10(2)19-15)17-7-12(20)11-3-5-16-6-4-11/h3-6,8,12,20H,7H2,1-2H3,(H,17,18,19)/t12-/m0/s1. The second-order valence-electron chi connectivity index (χ2n) is 4.90. The van der Waals surface area contributed by atoms with Crippen molar-refractivity contribution >= 4 is 27.4 Å². The Bertz CT molecular complexity index is 757. The maximum Gasteiger partial charge on any atom is 0.138 e. The third kappa shape index (κ3) is 2.86. The van der Waals surface area contributed by atoms with E-state index >= 15 is 0 Å². The summed E-state index contributed by atoms with van der Waals surface area (Å²) in [6.07, 6.45) is 2.75. The normalized spacial score (nSPS) is 12.5. The number of fused-ring (bicyclic) bond motifs is 1. The van der Waals surface area contributed by atoms with Crippen molar-refractivity contribution in [2.75, 3.05) is 11.9 Å². The summed E-state index contributed by atoms with van der Waals surface area (Å²) in [5.41, 5.74) is 1.98. The van der Waals surface area contributed by atoms with Gasteiger partial charge in [-0.3, -0.25) is 4.98 Å². The Morgan fingerprint density at radius 3 is 2.76 bits per heavy atom. The highest BCUT2D eigenvalue weighted by Crippen LogP contribution is 2.29. The van der Waals surface area contributed by atoms with E-state index in [1.807, 2.05) is 26.0 Å². The van der Waals surface area contributed by atoms with Gasteiger partial charge in [0.1, 0.15) is 16.5 Å². The lowest BCUT2D eigenvalue weighted by molar-refractivity contribution is 0.191. The van der Waals surface area contributed by atoms with Gasteiger partial charge in [-0.15, -0.1) is 11.3 Å². The van der Waals surface area contributed by atoms with Crippen LogP contribution < -0.4 is 5.32 Å². The smallest absolute Gasteiger partial charge is 0.138 e. The lowest BCUT2D eigenvalue weighted by Crippen LogP contribution is -2.13. The van der Waals surface area contributed by atoms with Crippen LogP contribution in [0.2, 0.25) is 0 Å². The molecule has 0 saturated heterocycles. The molecule has 6 heteroatoms. The van der Waals surface area contributed by atoms with Crippen LogP contribution in [0.15, 0.2) is 29.9 Å². The van der Waals surface area contributed by atoms with Crippen LogP contribution >= 0.6 is 11.3 Å². The van der Waals surface area contributed by atoms with Crippen LogP contribution in [0.3, 0.4) is 0 Å². The average molecular weight is 300 g/mol. The second kappa shape index (κ2) is 5.75. The number of aliphatic hydroxyl groups excluding tert-OH is 1. The van der Waals surface area contributed by atoms with Gasteiger partial charge in [0.2, 0.25) is 0 Å². The van der Waals surface area contributed by atoms with Gasteiger partial charge in [-0.25, -0.2) is 9.97 Å². The van der Waals surface area contributed by atoms with E-state index in [1.54, 1.807) is 23.7 Å². The molecule has 3 aromatic rings. The molecule has 3 aromatic heterocycles. The summed E-state index contributed by atoms with van der Waals surface area (Å²) < 4.78 is 0. The van der Waals surface area contributed by atoms with Gasteiger partial charge in [0.05, 0.1) is 11.5 Å². The minimum absolute atomic E-state index is 0.394. The predicted octanol–water partition coefficient (Wildman–Crippen LogP) is 2.85. The van der Waals surface area contributed by atoms with Gasteiger partial charge in [-0.1, -0.05) is 0 Å². The lowest BCUT2D eigenvalue weighted by atomic mass is 10.1. The Morgan fingerprint density at radius 2 is 2.00 bits per heavy atom. The molecule has 0 aliphatic carbocycles. The summed E-state index contributed by atoms with van der Waals surface area (Å²) in [5.74, 6) is 1.51. The maximum absolute atomic E-state index is 10.2. The highest BCUT2D eigenvalue weighted by molar-refractivity contribution is 7.17. The van der Waals surface area contributed by atoms with Crippen LogP contribution in [0.1, 0.15) is 23.1 Å². The van der Waals surface area contributed by atoms with Gasteiger partial charge < -0.3 is 10.4 Å². The highest BCUT2D eigenvalue weighted by atomic mass is 32.1. The Hall–Kier alpha value is -2.05. The topological polar surface area (TPSA) is 70.9 Å². The number of nitrogens with one attached hydrogen (secondary N) is 1. The van der Waals surface area contributed by atoms with Crippen LogP contribution in [0.5, 0.6) is 0 Å². The Balaban J connectivity index is 1.84. The molecular weight excluding hydrogens is 284 g/mol. The Kier molecular flexibility index (Phi) is 3.81. The van der Waals surface area contributed by atoms with E-state index in [2.05, 4.69) is 25.6 Å². The van der Waals surface area contributed by atoms with E-state index in [9.17, 15) is 5.11 Å². The van der Waals surface area contributed by atoms with E-state index in [1.165, 1.54) is 0 Å². The molecule has 0 fully saturated rings. The van der Waals surface area contributed by atoms with Crippen molar-refractivity contribution in [3.05, 3.63) is 46.9 Å². The zero-order valence-corrected chi connectivity index (χ0v) is 12.7. The first-order valence-electron chi connectivity index (χ1n) is 6.69. The first-order chi connectivity index (χ1) is 10.1. The molecule has 0 radical (unpaired) electrons. The molecule has 0 amide bonds. The minimum atomic E-state index is -0.600. The van der Waals surface area contributed by atoms with Gasteiger partial charge in [0, 0.05) is 18.9 Å². The van der Waals surface area contributed by atoms with E-state index in [4.69, 9.17) is 0 Å². The molecule has 3 rings (SSSR count). The van der Waals surface area contributed by atoms with Crippen LogP contribution in [-0.4, -0.2) is 26.6 Å². The number of aromatic nitrogens is 3. The molecular formula is C15H16N4OS. The van der Waals surface area contributed by atoms with Gasteiger partial charge in [0.15, 0.2) is 0 Å². The van der Waals surface area contributed by atoms with Crippen molar-refractivity contribution in [1.82, 2.24) is 15.0 Å². The number of pyridine rings is 1. The quantitative estimate of drug-likeness (QED) is 0.775. The number of nitrogens with zero attached hydrogens (tertiary/aromatic N) is 3. The van der Waals surface area contributed by atoms with Gasteiger partial charge in [-0.2, -0.15) is 0 Å². The molecule has 0 unspecified atom stereocenters.